The molecule has 0 aliphatic rings. The maximum Gasteiger partial charge on any atom is 0.0847 e. The largest absolute Gasteiger partial charge is 0.310 e. The number of aryl methyl sites for hydroxylation is 2. The third kappa shape index (κ3) is 3.50. The van der Waals surface area contributed by atoms with E-state index in [9.17, 15) is 0 Å². The highest BCUT2D eigenvalue weighted by Crippen LogP contribution is 2.29. The van der Waals surface area contributed by atoms with E-state index in [1.54, 1.807) is 0 Å². The molecule has 0 amide bonds. The molecule has 0 fully saturated rings. The molecular weight excluding hydrogens is 350 g/mol. The van der Waals surface area contributed by atoms with Crippen LogP contribution < -0.4 is 5.32 Å². The lowest BCUT2D eigenvalue weighted by molar-refractivity contribution is 0.526. The molecule has 1 atom stereocenters. The minimum Gasteiger partial charge on any atom is -0.310 e. The summed E-state index contributed by atoms with van der Waals surface area (Å²) in [6, 6.07) is 6.54. The van der Waals surface area contributed by atoms with Gasteiger partial charge in [-0.2, -0.15) is 5.10 Å². The first-order valence-electron chi connectivity index (χ1n) is 7.12. The van der Waals surface area contributed by atoms with E-state index in [-0.39, 0.29) is 6.04 Å². The van der Waals surface area contributed by atoms with Crippen LogP contribution in [0.1, 0.15) is 35.5 Å². The molecule has 0 saturated carbocycles. The highest BCUT2D eigenvalue weighted by Gasteiger charge is 2.19. The second-order valence-electron chi connectivity index (χ2n) is 5.24. The average Bonchev–Trinajstić information content (AvgIpc) is 2.68. The molecule has 1 aromatic heterocycles. The Morgan fingerprint density at radius 1 is 1.38 bits per heavy atom. The van der Waals surface area contributed by atoms with Crippen molar-refractivity contribution < 1.29 is 0 Å². The van der Waals surface area contributed by atoms with Gasteiger partial charge in [0.1, 0.15) is 0 Å². The molecule has 1 unspecified atom stereocenters. The normalized spacial score (nSPS) is 12.7. The molecule has 1 heterocycles. The molecule has 0 saturated heterocycles. The Balaban J connectivity index is 2.38. The Morgan fingerprint density at radius 3 is 2.67 bits per heavy atom. The van der Waals surface area contributed by atoms with Crippen molar-refractivity contribution in [3.8, 4) is 0 Å². The molecule has 3 nitrogen and oxygen atoms in total. The van der Waals surface area contributed by atoms with E-state index in [0.29, 0.717) is 0 Å². The van der Waals surface area contributed by atoms with E-state index in [1.807, 2.05) is 18.7 Å². The fourth-order valence-electron chi connectivity index (χ4n) is 2.64. The predicted molar refractivity (Wildman–Crippen MR) is 92.0 cm³/mol. The number of hydrogen-bond donors (Lipinski definition) is 1. The minimum absolute atomic E-state index is 0.222. The third-order valence-electron chi connectivity index (χ3n) is 3.79. The van der Waals surface area contributed by atoms with Crippen LogP contribution in [0.3, 0.4) is 0 Å². The van der Waals surface area contributed by atoms with E-state index in [0.717, 1.165) is 33.8 Å². The van der Waals surface area contributed by atoms with Gasteiger partial charge in [0.15, 0.2) is 0 Å². The minimum atomic E-state index is 0.222. The van der Waals surface area contributed by atoms with Gasteiger partial charge in [-0.25, -0.2) is 0 Å². The molecule has 114 valence electrons. The van der Waals surface area contributed by atoms with Crippen molar-refractivity contribution >= 4 is 27.5 Å². The van der Waals surface area contributed by atoms with Crippen molar-refractivity contribution in [2.75, 3.05) is 6.54 Å². The van der Waals surface area contributed by atoms with E-state index < -0.39 is 0 Å². The van der Waals surface area contributed by atoms with Crippen molar-refractivity contribution in [2.24, 2.45) is 7.05 Å². The van der Waals surface area contributed by atoms with Crippen LogP contribution in [-0.2, 0) is 13.5 Å². The summed E-state index contributed by atoms with van der Waals surface area (Å²) in [6.45, 7) is 7.11. The van der Waals surface area contributed by atoms with E-state index >= 15 is 0 Å². The fourth-order valence-corrected chi connectivity index (χ4v) is 3.25. The van der Waals surface area contributed by atoms with Gasteiger partial charge in [0.2, 0.25) is 0 Å². The SMILES string of the molecule is CCNC(Cc1c(Cl)c(C)nn1C)c1cccc(Br)c1C. The number of nitrogens with one attached hydrogen (secondary N) is 1. The summed E-state index contributed by atoms with van der Waals surface area (Å²) in [4.78, 5) is 0. The number of hydrogen-bond acceptors (Lipinski definition) is 2. The van der Waals surface area contributed by atoms with Gasteiger partial charge in [-0.15, -0.1) is 0 Å². The lowest BCUT2D eigenvalue weighted by atomic mass is 9.97. The Kier molecular flexibility index (Phi) is 5.47. The molecule has 0 bridgehead atoms. The molecule has 5 heteroatoms. The lowest BCUT2D eigenvalue weighted by Crippen LogP contribution is -2.24. The van der Waals surface area contributed by atoms with Crippen LogP contribution in [0.4, 0.5) is 0 Å². The van der Waals surface area contributed by atoms with Crippen LogP contribution in [0.2, 0.25) is 5.02 Å². The topological polar surface area (TPSA) is 29.9 Å². The zero-order valence-corrected chi connectivity index (χ0v) is 15.2. The van der Waals surface area contributed by atoms with Gasteiger partial charge in [0.25, 0.3) is 0 Å². The third-order valence-corrected chi connectivity index (χ3v) is 5.15. The standard InChI is InChI=1S/C16H21BrClN3/c1-5-19-14(12-7-6-8-13(17)10(12)2)9-15-16(18)11(3)20-21(15)4/h6-8,14,19H,5,9H2,1-4H3. The number of benzene rings is 1. The highest BCUT2D eigenvalue weighted by molar-refractivity contribution is 9.10. The van der Waals surface area contributed by atoms with E-state index in [2.05, 4.69) is 58.4 Å². The van der Waals surface area contributed by atoms with E-state index in [4.69, 9.17) is 11.6 Å². The molecule has 1 aromatic carbocycles. The summed E-state index contributed by atoms with van der Waals surface area (Å²) in [6.07, 6.45) is 0.821. The highest BCUT2D eigenvalue weighted by atomic mass is 79.9. The fraction of sp³-hybridized carbons (Fsp3) is 0.438. The number of nitrogens with zero attached hydrogens (tertiary/aromatic N) is 2. The first-order valence-corrected chi connectivity index (χ1v) is 8.29. The molecule has 2 aromatic rings. The second-order valence-corrected chi connectivity index (χ2v) is 6.47. The van der Waals surface area contributed by atoms with Crippen molar-refractivity contribution in [1.29, 1.82) is 0 Å². The van der Waals surface area contributed by atoms with Crippen LogP contribution in [0.15, 0.2) is 22.7 Å². The van der Waals surface area contributed by atoms with Gasteiger partial charge < -0.3 is 5.32 Å². The lowest BCUT2D eigenvalue weighted by Gasteiger charge is -2.21. The van der Waals surface area contributed by atoms with Crippen LogP contribution in [0.25, 0.3) is 0 Å². The number of aromatic nitrogens is 2. The van der Waals surface area contributed by atoms with E-state index in [1.165, 1.54) is 11.1 Å². The summed E-state index contributed by atoms with van der Waals surface area (Å²) in [5.74, 6) is 0. The molecule has 21 heavy (non-hydrogen) atoms. The maximum atomic E-state index is 6.40. The van der Waals surface area contributed by atoms with Crippen molar-refractivity contribution in [1.82, 2.24) is 15.1 Å². The van der Waals surface area contributed by atoms with Gasteiger partial charge in [0.05, 0.1) is 16.4 Å². The van der Waals surface area contributed by atoms with Gasteiger partial charge in [-0.1, -0.05) is 46.6 Å². The van der Waals surface area contributed by atoms with Gasteiger partial charge in [0, 0.05) is 24.0 Å². The Morgan fingerprint density at radius 2 is 2.10 bits per heavy atom. The van der Waals surface area contributed by atoms with Gasteiger partial charge in [-0.3, -0.25) is 4.68 Å². The van der Waals surface area contributed by atoms with Crippen LogP contribution in [-0.4, -0.2) is 16.3 Å². The predicted octanol–water partition coefficient (Wildman–Crippen LogP) is 4.35. The van der Waals surface area contributed by atoms with Crippen molar-refractivity contribution in [2.45, 2.75) is 33.2 Å². The first-order chi connectivity index (χ1) is 9.95. The maximum absolute atomic E-state index is 6.40. The monoisotopic (exact) mass is 369 g/mol. The molecule has 0 radical (unpaired) electrons. The quantitative estimate of drug-likeness (QED) is 0.848. The first kappa shape index (κ1) is 16.5. The van der Waals surface area contributed by atoms with Crippen LogP contribution >= 0.6 is 27.5 Å². The average molecular weight is 371 g/mol. The molecule has 2 rings (SSSR count). The summed E-state index contributed by atoms with van der Waals surface area (Å²) < 4.78 is 3.02. The zero-order valence-electron chi connectivity index (χ0n) is 12.9. The van der Waals surface area contributed by atoms with Crippen molar-refractivity contribution in [3.05, 3.63) is 50.2 Å². The Hall–Kier alpha value is -0.840. The summed E-state index contributed by atoms with van der Waals surface area (Å²) in [5.41, 5.74) is 4.51. The molecule has 0 aliphatic carbocycles. The molecule has 0 aliphatic heterocycles. The zero-order chi connectivity index (χ0) is 15.6. The Bertz CT molecular complexity index is 637. The molecule has 1 N–H and O–H groups in total. The van der Waals surface area contributed by atoms with Gasteiger partial charge in [-0.05, 0) is 37.6 Å². The van der Waals surface area contributed by atoms with Crippen LogP contribution in [0, 0.1) is 13.8 Å². The van der Waals surface area contributed by atoms with Crippen molar-refractivity contribution in [3.63, 3.8) is 0 Å². The molecule has 0 spiro atoms. The summed E-state index contributed by atoms with van der Waals surface area (Å²) >= 11 is 10.0. The summed E-state index contributed by atoms with van der Waals surface area (Å²) in [7, 11) is 1.95. The van der Waals surface area contributed by atoms with Gasteiger partial charge >= 0.3 is 0 Å². The smallest absolute Gasteiger partial charge is 0.0847 e. The number of likely N-dealkylation sites (N-methyl/N-ethyl adjacent to an activating group) is 1. The van der Waals surface area contributed by atoms with Crippen LogP contribution in [0.5, 0.6) is 0 Å². The number of rotatable bonds is 5. The summed E-state index contributed by atoms with van der Waals surface area (Å²) in [5, 5.41) is 8.74. The number of halogens is 2. The second kappa shape index (κ2) is 6.95. The Labute approximate surface area is 139 Å². The molecular formula is C16H21BrClN3.